The summed E-state index contributed by atoms with van der Waals surface area (Å²) in [5, 5.41) is 2.05. The van der Waals surface area contributed by atoms with Gasteiger partial charge in [-0.25, -0.2) is 0 Å². The Labute approximate surface area is 143 Å². The average molecular weight is 392 g/mol. The molecule has 0 unspecified atom stereocenters. The lowest BCUT2D eigenvalue weighted by atomic mass is 10.4. The zero-order chi connectivity index (χ0) is 16.3. The van der Waals surface area contributed by atoms with E-state index in [0.29, 0.717) is 15.9 Å². The molecule has 116 valence electrons. The van der Waals surface area contributed by atoms with Gasteiger partial charge in [0, 0.05) is 0 Å². The van der Waals surface area contributed by atoms with Crippen LogP contribution in [-0.4, -0.2) is 6.17 Å². The van der Waals surface area contributed by atoms with E-state index in [0.717, 1.165) is 4.47 Å². The maximum absolute atomic E-state index is 14.6. The van der Waals surface area contributed by atoms with Crippen LogP contribution >= 0.6 is 23.2 Å². The normalized spacial score (nSPS) is 11.7. The summed E-state index contributed by atoms with van der Waals surface area (Å²) >= 11 is 3.49. The zero-order valence-electron chi connectivity index (χ0n) is 12.2. The van der Waals surface area contributed by atoms with Crippen molar-refractivity contribution in [2.45, 2.75) is 6.17 Å². The van der Waals surface area contributed by atoms with Crippen LogP contribution in [0, 0.1) is 0 Å². The third kappa shape index (κ3) is 2.84. The Hall–Kier alpha value is -1.57. The van der Waals surface area contributed by atoms with Crippen LogP contribution in [0.1, 0.15) is 0 Å². The average Bonchev–Trinajstić information content (AvgIpc) is 2.59. The molecule has 0 bridgehead atoms. The molecule has 0 saturated carbocycles. The Kier molecular flexibility index (Phi) is 4.89. The topological polar surface area (TPSA) is 0 Å². The molecule has 3 aromatic rings. The van der Waals surface area contributed by atoms with E-state index in [2.05, 4.69) is 15.9 Å². The van der Waals surface area contributed by atoms with Crippen LogP contribution in [0.5, 0.6) is 0 Å². The lowest BCUT2D eigenvalue weighted by Crippen LogP contribution is -2.36. The molecule has 0 aromatic heterocycles. The Morgan fingerprint density at radius 2 is 1.09 bits per heavy atom. The lowest BCUT2D eigenvalue weighted by molar-refractivity contribution is 0.245. The van der Waals surface area contributed by atoms with Crippen molar-refractivity contribution in [2.24, 2.45) is 0 Å². The number of hydrogen-bond donors (Lipinski definition) is 0. The van der Waals surface area contributed by atoms with Gasteiger partial charge in [0.15, 0.2) is 7.26 Å². The highest BCUT2D eigenvalue weighted by Crippen LogP contribution is 2.61. The minimum absolute atomic E-state index is 0.674. The molecule has 0 saturated heterocycles. The van der Waals surface area contributed by atoms with Gasteiger partial charge in [0.05, 0.1) is 4.47 Å². The first-order valence-corrected chi connectivity index (χ1v) is 9.85. The predicted octanol–water partition coefficient (Wildman–Crippen LogP) is 4.97. The molecule has 0 spiro atoms. The van der Waals surface area contributed by atoms with Crippen molar-refractivity contribution < 1.29 is 8.78 Å². The van der Waals surface area contributed by atoms with Crippen LogP contribution in [0.2, 0.25) is 0 Å². The van der Waals surface area contributed by atoms with Crippen molar-refractivity contribution in [2.75, 3.05) is 0 Å². The summed E-state index contributed by atoms with van der Waals surface area (Å²) in [7, 11) is -3.04. The first-order valence-electron chi connectivity index (χ1n) is 7.20. The fourth-order valence-electron chi connectivity index (χ4n) is 2.82. The molecule has 0 fully saturated rings. The Balaban J connectivity index is 2.39. The molecule has 4 heteroatoms. The quantitative estimate of drug-likeness (QED) is 0.551. The summed E-state index contributed by atoms with van der Waals surface area (Å²) in [5.74, 6) is 0. The zero-order valence-corrected chi connectivity index (χ0v) is 14.7. The summed E-state index contributed by atoms with van der Waals surface area (Å²) < 4.78 is 30.0. The maximum atomic E-state index is 14.6. The molecule has 3 aromatic carbocycles. The highest BCUT2D eigenvalue weighted by Gasteiger charge is 2.55. The highest BCUT2D eigenvalue weighted by molar-refractivity contribution is 9.10. The van der Waals surface area contributed by atoms with Gasteiger partial charge in [-0.1, -0.05) is 48.5 Å². The number of benzene rings is 3. The Morgan fingerprint density at radius 3 is 1.52 bits per heavy atom. The fourth-order valence-corrected chi connectivity index (χ4v) is 7.48. The monoisotopic (exact) mass is 391 g/mol. The minimum Gasteiger partial charge on any atom is -0.169 e. The number of halogens is 3. The second-order valence-electron chi connectivity index (χ2n) is 5.12. The van der Waals surface area contributed by atoms with E-state index in [1.807, 2.05) is 84.9 Å². The highest BCUT2D eigenvalue weighted by atomic mass is 79.9. The van der Waals surface area contributed by atoms with Crippen LogP contribution in [-0.2, 0) is 0 Å². The molecule has 0 atom stereocenters. The van der Waals surface area contributed by atoms with E-state index >= 15 is 0 Å². The van der Waals surface area contributed by atoms with Gasteiger partial charge >= 0.3 is 6.17 Å². The molecule has 0 radical (unpaired) electrons. The van der Waals surface area contributed by atoms with E-state index in [-0.39, 0.29) is 0 Å². The van der Waals surface area contributed by atoms with Gasteiger partial charge in [-0.2, -0.15) is 8.78 Å². The van der Waals surface area contributed by atoms with Crippen molar-refractivity contribution in [1.29, 1.82) is 0 Å². The van der Waals surface area contributed by atoms with Crippen molar-refractivity contribution in [3.63, 3.8) is 0 Å². The summed E-state index contributed by atoms with van der Waals surface area (Å²) in [6, 6.07) is 25.6. The van der Waals surface area contributed by atoms with Gasteiger partial charge in [-0.3, -0.25) is 0 Å². The largest absolute Gasteiger partial charge is 0.358 e. The summed E-state index contributed by atoms with van der Waals surface area (Å²) in [6.45, 7) is 0. The van der Waals surface area contributed by atoms with Crippen LogP contribution < -0.4 is 15.9 Å². The second-order valence-corrected chi connectivity index (χ2v) is 9.33. The number of hydrogen-bond acceptors (Lipinski definition) is 0. The Bertz CT molecular complexity index is 736. The van der Waals surface area contributed by atoms with Crippen LogP contribution in [0.25, 0.3) is 0 Å². The molecule has 0 aliphatic heterocycles. The molecule has 0 nitrogen and oxygen atoms in total. The van der Waals surface area contributed by atoms with Gasteiger partial charge < -0.3 is 0 Å². The first-order chi connectivity index (χ1) is 11.2. The number of alkyl halides is 2. The predicted molar refractivity (Wildman–Crippen MR) is 98.9 cm³/mol. The second kappa shape index (κ2) is 6.90. The molecule has 3 rings (SSSR count). The first kappa shape index (κ1) is 16.3. The van der Waals surface area contributed by atoms with E-state index in [1.54, 1.807) is 0 Å². The third-order valence-corrected chi connectivity index (χ3v) is 8.81. The summed E-state index contributed by atoms with van der Waals surface area (Å²) in [6.07, 6.45) is -2.48. The van der Waals surface area contributed by atoms with Crippen molar-refractivity contribution in [1.82, 2.24) is 0 Å². The van der Waals surface area contributed by atoms with Gasteiger partial charge in [-0.15, -0.1) is 0 Å². The molecule has 0 heterocycles. The maximum Gasteiger partial charge on any atom is 0.358 e. The van der Waals surface area contributed by atoms with Crippen molar-refractivity contribution in [3.8, 4) is 0 Å². The van der Waals surface area contributed by atoms with Crippen LogP contribution in [0.15, 0.2) is 89.4 Å². The lowest BCUT2D eigenvalue weighted by Gasteiger charge is -2.26. The van der Waals surface area contributed by atoms with E-state index < -0.39 is 13.4 Å². The molecular weight excluding hydrogens is 377 g/mol. The van der Waals surface area contributed by atoms with Gasteiger partial charge in [0.1, 0.15) is 15.9 Å². The van der Waals surface area contributed by atoms with Crippen molar-refractivity contribution >= 4 is 39.1 Å². The van der Waals surface area contributed by atoms with Gasteiger partial charge in [0.25, 0.3) is 0 Å². The molecule has 0 aliphatic rings. The smallest absolute Gasteiger partial charge is 0.169 e. The fraction of sp³-hybridized carbons (Fsp3) is 0.0526. The van der Waals surface area contributed by atoms with Crippen molar-refractivity contribution in [3.05, 3.63) is 89.4 Å². The Morgan fingerprint density at radius 1 is 0.652 bits per heavy atom. The standard InChI is InChI=1S/C19H15BrF2P/c20-17-13-7-8-14-18(17)23(19(21)22,15-9-3-1-4-10-15)16-11-5-2-6-12-16/h1-14,19H/q+1. The minimum atomic E-state index is -3.04. The summed E-state index contributed by atoms with van der Waals surface area (Å²) in [5.41, 5.74) is 0. The number of rotatable bonds is 4. The molecule has 0 aliphatic carbocycles. The molecular formula is C19H15BrF2P+. The van der Waals surface area contributed by atoms with Crippen LogP contribution in [0.3, 0.4) is 0 Å². The molecule has 0 amide bonds. The van der Waals surface area contributed by atoms with Gasteiger partial charge in [-0.05, 0) is 52.3 Å². The molecule has 0 N–H and O–H groups in total. The SMILES string of the molecule is FC(F)[P+](c1ccccc1)(c1ccccc1)c1ccccc1Br. The van der Waals surface area contributed by atoms with E-state index in [9.17, 15) is 8.78 Å². The van der Waals surface area contributed by atoms with E-state index in [4.69, 9.17) is 0 Å². The van der Waals surface area contributed by atoms with E-state index in [1.165, 1.54) is 0 Å². The third-order valence-electron chi connectivity index (χ3n) is 3.85. The van der Waals surface area contributed by atoms with Gasteiger partial charge in [0.2, 0.25) is 0 Å². The summed E-state index contributed by atoms with van der Waals surface area (Å²) in [4.78, 5) is 0. The molecule has 23 heavy (non-hydrogen) atoms. The van der Waals surface area contributed by atoms with Crippen LogP contribution in [0.4, 0.5) is 8.78 Å².